The Kier molecular flexibility index (Phi) is 4.96. The van der Waals surface area contributed by atoms with Gasteiger partial charge in [0.25, 0.3) is 5.91 Å². The third-order valence-electron chi connectivity index (χ3n) is 3.22. The zero-order valence-electron chi connectivity index (χ0n) is 13.8. The van der Waals surface area contributed by atoms with Crippen LogP contribution in [0.4, 0.5) is 13.2 Å². The molecule has 0 aliphatic rings. The standard InChI is InChI=1S/C16H16F3N3O3/c1-15(2,3)11(23)13(24)20-8-9-4-6-10(7-5-9)12-21-14(25-22-12)16(17,18)19/h4-7H,8H2,1-3H3,(H,20,24). The van der Waals surface area contributed by atoms with E-state index in [-0.39, 0.29) is 12.4 Å². The van der Waals surface area contributed by atoms with E-state index in [1.165, 1.54) is 12.1 Å². The first-order chi connectivity index (χ1) is 11.5. The summed E-state index contributed by atoms with van der Waals surface area (Å²) < 4.78 is 41.5. The van der Waals surface area contributed by atoms with Crippen LogP contribution in [-0.4, -0.2) is 21.8 Å². The fourth-order valence-corrected chi connectivity index (χ4v) is 1.83. The summed E-state index contributed by atoms with van der Waals surface area (Å²) in [4.78, 5) is 26.8. The quantitative estimate of drug-likeness (QED) is 0.852. The van der Waals surface area contributed by atoms with Gasteiger partial charge >= 0.3 is 12.1 Å². The van der Waals surface area contributed by atoms with Gasteiger partial charge in [-0.1, -0.05) is 50.2 Å². The summed E-state index contributed by atoms with van der Waals surface area (Å²) in [5, 5.41) is 5.79. The van der Waals surface area contributed by atoms with E-state index in [2.05, 4.69) is 20.0 Å². The first-order valence-corrected chi connectivity index (χ1v) is 7.31. The van der Waals surface area contributed by atoms with Crippen molar-refractivity contribution in [2.75, 3.05) is 0 Å². The average molecular weight is 355 g/mol. The molecule has 1 heterocycles. The molecular formula is C16H16F3N3O3. The van der Waals surface area contributed by atoms with Gasteiger partial charge in [-0.15, -0.1) is 0 Å². The topological polar surface area (TPSA) is 85.1 Å². The summed E-state index contributed by atoms with van der Waals surface area (Å²) in [5.41, 5.74) is 0.224. The molecule has 0 fully saturated rings. The third-order valence-corrected chi connectivity index (χ3v) is 3.22. The van der Waals surface area contributed by atoms with E-state index >= 15 is 0 Å². The summed E-state index contributed by atoms with van der Waals surface area (Å²) in [6.07, 6.45) is -4.70. The molecule has 0 saturated carbocycles. The molecule has 1 aromatic carbocycles. The maximum Gasteiger partial charge on any atom is 0.471 e. The smallest absolute Gasteiger partial charge is 0.345 e. The van der Waals surface area contributed by atoms with Crippen LogP contribution in [0.5, 0.6) is 0 Å². The molecule has 1 amide bonds. The van der Waals surface area contributed by atoms with Crippen molar-refractivity contribution >= 4 is 11.7 Å². The van der Waals surface area contributed by atoms with Crippen LogP contribution in [0.2, 0.25) is 0 Å². The monoisotopic (exact) mass is 355 g/mol. The third kappa shape index (κ3) is 4.65. The summed E-state index contributed by atoms with van der Waals surface area (Å²) in [5.74, 6) is -2.83. The van der Waals surface area contributed by atoms with Crippen molar-refractivity contribution in [3.05, 3.63) is 35.7 Å². The lowest BCUT2D eigenvalue weighted by molar-refractivity contribution is -0.159. The van der Waals surface area contributed by atoms with Gasteiger partial charge in [0.2, 0.25) is 11.6 Å². The number of carbonyl (C=O) groups is 2. The normalized spacial score (nSPS) is 12.1. The lowest BCUT2D eigenvalue weighted by Crippen LogP contribution is -2.37. The first-order valence-electron chi connectivity index (χ1n) is 7.31. The average Bonchev–Trinajstić information content (AvgIpc) is 3.01. The summed E-state index contributed by atoms with van der Waals surface area (Å²) in [7, 11) is 0. The molecule has 9 heteroatoms. The Hall–Kier alpha value is -2.71. The second-order valence-corrected chi connectivity index (χ2v) is 6.38. The largest absolute Gasteiger partial charge is 0.471 e. The van der Waals surface area contributed by atoms with Gasteiger partial charge in [-0.2, -0.15) is 18.2 Å². The second kappa shape index (κ2) is 6.66. The number of carbonyl (C=O) groups excluding carboxylic acids is 2. The summed E-state index contributed by atoms with van der Waals surface area (Å²) >= 11 is 0. The Bertz CT molecular complexity index is 774. The number of Topliss-reactive ketones (excluding diaryl/α,β-unsaturated/α-hetero) is 1. The maximum absolute atomic E-state index is 12.4. The summed E-state index contributed by atoms with van der Waals surface area (Å²) in [6, 6.07) is 6.16. The van der Waals surface area contributed by atoms with Gasteiger partial charge in [-0.25, -0.2) is 0 Å². The van der Waals surface area contributed by atoms with Crippen LogP contribution in [0.3, 0.4) is 0 Å². The molecule has 2 rings (SSSR count). The molecule has 2 aromatic rings. The van der Waals surface area contributed by atoms with Crippen LogP contribution in [-0.2, 0) is 22.3 Å². The zero-order chi connectivity index (χ0) is 18.8. The van der Waals surface area contributed by atoms with Crippen molar-refractivity contribution in [1.29, 1.82) is 0 Å². The molecule has 1 aromatic heterocycles. The second-order valence-electron chi connectivity index (χ2n) is 6.38. The minimum absolute atomic E-state index is 0.112. The molecular weight excluding hydrogens is 339 g/mol. The molecule has 0 saturated heterocycles. The Morgan fingerprint density at radius 1 is 1.12 bits per heavy atom. The number of nitrogens with one attached hydrogen (secondary N) is 1. The number of aromatic nitrogens is 2. The lowest BCUT2D eigenvalue weighted by atomic mass is 9.90. The molecule has 1 N–H and O–H groups in total. The molecule has 0 atom stereocenters. The number of hydrogen-bond donors (Lipinski definition) is 1. The molecule has 25 heavy (non-hydrogen) atoms. The first kappa shape index (κ1) is 18.6. The van der Waals surface area contributed by atoms with Gasteiger partial charge < -0.3 is 9.84 Å². The van der Waals surface area contributed by atoms with Gasteiger partial charge in [0, 0.05) is 17.5 Å². The van der Waals surface area contributed by atoms with Gasteiger partial charge in [0.15, 0.2) is 0 Å². The van der Waals surface area contributed by atoms with Gasteiger partial charge in [0.1, 0.15) is 0 Å². The Morgan fingerprint density at radius 2 is 1.72 bits per heavy atom. The van der Waals surface area contributed by atoms with Crippen molar-refractivity contribution < 1.29 is 27.3 Å². The van der Waals surface area contributed by atoms with Gasteiger partial charge in [0.05, 0.1) is 0 Å². The molecule has 6 nitrogen and oxygen atoms in total. The highest BCUT2D eigenvalue weighted by Crippen LogP contribution is 2.29. The molecule has 134 valence electrons. The fourth-order valence-electron chi connectivity index (χ4n) is 1.83. The van der Waals surface area contributed by atoms with E-state index < -0.39 is 29.2 Å². The maximum atomic E-state index is 12.4. The van der Waals surface area contributed by atoms with Crippen LogP contribution in [0, 0.1) is 5.41 Å². The van der Waals surface area contributed by atoms with Crippen molar-refractivity contribution in [2.24, 2.45) is 5.41 Å². The minimum atomic E-state index is -4.70. The minimum Gasteiger partial charge on any atom is -0.345 e. The van der Waals surface area contributed by atoms with Gasteiger partial charge in [-0.3, -0.25) is 9.59 Å². The molecule has 0 spiro atoms. The van der Waals surface area contributed by atoms with Crippen molar-refractivity contribution in [3.8, 4) is 11.4 Å². The fraction of sp³-hybridized carbons (Fsp3) is 0.375. The highest BCUT2D eigenvalue weighted by atomic mass is 19.4. The SMILES string of the molecule is CC(C)(C)C(=O)C(=O)NCc1ccc(-c2noc(C(F)(F)F)n2)cc1. The zero-order valence-corrected chi connectivity index (χ0v) is 13.8. The predicted octanol–water partition coefficient (Wildman–Crippen LogP) is 2.99. The molecule has 0 bridgehead atoms. The number of rotatable bonds is 4. The van der Waals surface area contributed by atoms with E-state index in [1.54, 1.807) is 32.9 Å². The molecule has 0 aliphatic heterocycles. The summed E-state index contributed by atoms with van der Waals surface area (Å²) in [6.45, 7) is 5.04. The number of alkyl halides is 3. The molecule has 0 unspecified atom stereocenters. The Balaban J connectivity index is 2.02. The van der Waals surface area contributed by atoms with Crippen LogP contribution >= 0.6 is 0 Å². The number of benzene rings is 1. The number of hydrogen-bond acceptors (Lipinski definition) is 5. The van der Waals surface area contributed by atoms with Crippen LogP contribution < -0.4 is 5.32 Å². The highest BCUT2D eigenvalue weighted by Gasteiger charge is 2.38. The number of nitrogens with zero attached hydrogens (tertiary/aromatic N) is 2. The lowest BCUT2D eigenvalue weighted by Gasteiger charge is -2.15. The Morgan fingerprint density at radius 3 is 2.20 bits per heavy atom. The Labute approximate surface area is 141 Å². The van der Waals surface area contributed by atoms with Crippen molar-refractivity contribution in [3.63, 3.8) is 0 Å². The number of ketones is 1. The van der Waals surface area contributed by atoms with Gasteiger partial charge in [-0.05, 0) is 5.56 Å². The number of halogens is 3. The van der Waals surface area contributed by atoms with E-state index in [0.29, 0.717) is 11.1 Å². The van der Waals surface area contributed by atoms with E-state index in [0.717, 1.165) is 0 Å². The van der Waals surface area contributed by atoms with E-state index in [4.69, 9.17) is 0 Å². The van der Waals surface area contributed by atoms with Crippen LogP contribution in [0.25, 0.3) is 11.4 Å². The van der Waals surface area contributed by atoms with Crippen molar-refractivity contribution in [1.82, 2.24) is 15.5 Å². The number of amides is 1. The molecule has 0 radical (unpaired) electrons. The highest BCUT2D eigenvalue weighted by molar-refractivity contribution is 6.37. The van der Waals surface area contributed by atoms with E-state index in [1.807, 2.05) is 0 Å². The predicted molar refractivity (Wildman–Crippen MR) is 81.0 cm³/mol. The van der Waals surface area contributed by atoms with Crippen LogP contribution in [0.15, 0.2) is 28.8 Å². The van der Waals surface area contributed by atoms with Crippen LogP contribution in [0.1, 0.15) is 32.2 Å². The van der Waals surface area contributed by atoms with Crippen molar-refractivity contribution in [2.45, 2.75) is 33.5 Å². The molecule has 0 aliphatic carbocycles. The van der Waals surface area contributed by atoms with E-state index in [9.17, 15) is 22.8 Å².